The van der Waals surface area contributed by atoms with Crippen LogP contribution in [0.15, 0.2) is 35.5 Å². The maximum Gasteiger partial charge on any atom is 0.254 e. The lowest BCUT2D eigenvalue weighted by Gasteiger charge is -2.36. The van der Waals surface area contributed by atoms with Crippen LogP contribution in [0.2, 0.25) is 5.02 Å². The van der Waals surface area contributed by atoms with Gasteiger partial charge in [-0.2, -0.15) is 5.10 Å². The number of aromatic nitrogens is 2. The lowest BCUT2D eigenvalue weighted by molar-refractivity contribution is 0.100. The van der Waals surface area contributed by atoms with Gasteiger partial charge in [0, 0.05) is 40.1 Å². The van der Waals surface area contributed by atoms with Crippen LogP contribution in [0, 0.1) is 5.92 Å². The first-order chi connectivity index (χ1) is 14.4. The van der Waals surface area contributed by atoms with Crippen molar-refractivity contribution in [3.05, 3.63) is 41.0 Å². The number of anilines is 2. The van der Waals surface area contributed by atoms with Gasteiger partial charge in [0.25, 0.3) is 5.91 Å². The fourth-order valence-electron chi connectivity index (χ4n) is 4.57. The predicted octanol–water partition coefficient (Wildman–Crippen LogP) is 3.69. The molecular weight excluding hydrogens is 400 g/mol. The molecule has 2 saturated carbocycles. The highest BCUT2D eigenvalue weighted by molar-refractivity contribution is 6.30. The number of nitrogens with two attached hydrogens (primary N) is 1. The Labute approximate surface area is 181 Å². The molecule has 158 valence electrons. The summed E-state index contributed by atoms with van der Waals surface area (Å²) >= 11 is 5.97. The Hall–Kier alpha value is -2.38. The van der Waals surface area contributed by atoms with Gasteiger partial charge in [0.1, 0.15) is 5.56 Å². The highest BCUT2D eigenvalue weighted by Crippen LogP contribution is 2.41. The van der Waals surface area contributed by atoms with Crippen molar-refractivity contribution in [3.8, 4) is 0 Å². The second kappa shape index (κ2) is 7.39. The van der Waals surface area contributed by atoms with E-state index in [2.05, 4.69) is 22.5 Å². The largest absolute Gasteiger partial charge is 0.365 e. The molecule has 0 saturated heterocycles. The van der Waals surface area contributed by atoms with Crippen molar-refractivity contribution >= 4 is 34.7 Å². The number of nitrogens with zero attached hydrogens (tertiary/aromatic N) is 3. The fraction of sp³-hybridized carbons (Fsp3) is 0.500. The van der Waals surface area contributed by atoms with Gasteiger partial charge >= 0.3 is 0 Å². The summed E-state index contributed by atoms with van der Waals surface area (Å²) in [6.07, 6.45) is 7.47. The summed E-state index contributed by atoms with van der Waals surface area (Å²) < 4.78 is 1.93. The summed E-state index contributed by atoms with van der Waals surface area (Å²) in [5.74, 6) is 0.338. The first kappa shape index (κ1) is 19.6. The van der Waals surface area contributed by atoms with E-state index in [-0.39, 0.29) is 6.04 Å². The Morgan fingerprint density at radius 3 is 2.63 bits per heavy atom. The average Bonchev–Trinajstić information content (AvgIpc) is 3.64. The van der Waals surface area contributed by atoms with Gasteiger partial charge in [0.15, 0.2) is 5.82 Å². The number of halogens is 1. The van der Waals surface area contributed by atoms with Crippen molar-refractivity contribution in [1.82, 2.24) is 15.1 Å². The van der Waals surface area contributed by atoms with Crippen LogP contribution in [0.25, 0.3) is 0 Å². The van der Waals surface area contributed by atoms with Gasteiger partial charge in [-0.15, -0.1) is 0 Å². The van der Waals surface area contributed by atoms with Gasteiger partial charge in [-0.05, 0) is 63.3 Å². The quantitative estimate of drug-likeness (QED) is 0.629. The van der Waals surface area contributed by atoms with Crippen molar-refractivity contribution in [2.24, 2.45) is 16.6 Å². The first-order valence-corrected chi connectivity index (χ1v) is 11.0. The van der Waals surface area contributed by atoms with Crippen LogP contribution >= 0.6 is 11.6 Å². The Morgan fingerprint density at radius 1 is 1.27 bits per heavy atom. The topological polar surface area (TPSA) is 97.3 Å². The zero-order valence-corrected chi connectivity index (χ0v) is 17.8. The normalized spacial score (nSPS) is 26.7. The van der Waals surface area contributed by atoms with E-state index in [1.165, 1.54) is 18.6 Å². The van der Waals surface area contributed by atoms with E-state index in [0.717, 1.165) is 31.5 Å². The minimum absolute atomic E-state index is 0.190. The van der Waals surface area contributed by atoms with Gasteiger partial charge in [0.05, 0.1) is 12.6 Å². The minimum atomic E-state index is -0.491. The van der Waals surface area contributed by atoms with Crippen molar-refractivity contribution < 1.29 is 4.79 Å². The Balaban J connectivity index is 1.38. The lowest BCUT2D eigenvalue weighted by Crippen LogP contribution is -2.44. The molecule has 1 aliphatic heterocycles. The molecule has 5 rings (SSSR count). The number of rotatable bonds is 7. The molecule has 3 atom stereocenters. The van der Waals surface area contributed by atoms with E-state index in [1.807, 2.05) is 16.8 Å². The molecule has 1 aromatic heterocycles. The zero-order chi connectivity index (χ0) is 20.9. The number of benzene rings is 1. The SMILES string of the molecule is CC1(NC2CCC(n3cc(C(N)=O)c(Nc4ccc(Cl)cc4)n3)C(C3=NC3)C2)CC1. The van der Waals surface area contributed by atoms with Gasteiger partial charge in [-0.1, -0.05) is 11.6 Å². The van der Waals surface area contributed by atoms with Crippen LogP contribution < -0.4 is 16.4 Å². The Morgan fingerprint density at radius 2 is 2.00 bits per heavy atom. The molecule has 2 aromatic rings. The third-order valence-electron chi connectivity index (χ3n) is 6.58. The highest BCUT2D eigenvalue weighted by atomic mass is 35.5. The standard InChI is InChI=1S/C22H27ClN6O/c1-22(8-9-22)27-15-6-7-19(16(10-15)18-11-25-18)29-12-17(20(24)30)21(28-29)26-14-4-2-13(23)3-5-14/h2-5,12,15-16,19,27H,6-11H2,1H3,(H2,24,30)(H,26,28). The second-order valence-corrected chi connectivity index (χ2v) is 9.50. The van der Waals surface area contributed by atoms with Crippen molar-refractivity contribution in [2.45, 2.75) is 56.7 Å². The van der Waals surface area contributed by atoms with Crippen LogP contribution in [0.1, 0.15) is 55.4 Å². The molecule has 3 aliphatic rings. The molecule has 1 aromatic carbocycles. The molecule has 3 unspecified atom stereocenters. The number of carbonyl (C=O) groups is 1. The molecule has 8 heteroatoms. The molecule has 1 amide bonds. The highest BCUT2D eigenvalue weighted by Gasteiger charge is 2.43. The summed E-state index contributed by atoms with van der Waals surface area (Å²) in [6, 6.07) is 7.99. The van der Waals surface area contributed by atoms with Crippen LogP contribution in [-0.2, 0) is 0 Å². The number of hydrogen-bond acceptors (Lipinski definition) is 5. The van der Waals surface area contributed by atoms with Crippen LogP contribution in [0.5, 0.6) is 0 Å². The predicted molar refractivity (Wildman–Crippen MR) is 119 cm³/mol. The minimum Gasteiger partial charge on any atom is -0.365 e. The van der Waals surface area contributed by atoms with Crippen LogP contribution in [0.3, 0.4) is 0 Å². The molecule has 30 heavy (non-hydrogen) atoms. The van der Waals surface area contributed by atoms with Crippen molar-refractivity contribution in [3.63, 3.8) is 0 Å². The maximum atomic E-state index is 12.1. The van der Waals surface area contributed by atoms with Gasteiger partial charge in [-0.3, -0.25) is 14.5 Å². The molecule has 0 bridgehead atoms. The average molecular weight is 427 g/mol. The van der Waals surface area contributed by atoms with Crippen molar-refractivity contribution in [1.29, 1.82) is 0 Å². The van der Waals surface area contributed by atoms with Crippen LogP contribution in [-0.4, -0.2) is 39.5 Å². The Kier molecular flexibility index (Phi) is 4.82. The van der Waals surface area contributed by atoms with E-state index >= 15 is 0 Å². The summed E-state index contributed by atoms with van der Waals surface area (Å²) in [5, 5.41) is 12.5. The number of amides is 1. The molecule has 0 radical (unpaired) electrons. The monoisotopic (exact) mass is 426 g/mol. The maximum absolute atomic E-state index is 12.1. The van der Waals surface area contributed by atoms with E-state index < -0.39 is 5.91 Å². The lowest BCUT2D eigenvalue weighted by atomic mass is 9.79. The zero-order valence-electron chi connectivity index (χ0n) is 17.1. The third-order valence-corrected chi connectivity index (χ3v) is 6.83. The summed E-state index contributed by atoms with van der Waals surface area (Å²) in [4.78, 5) is 16.6. The molecule has 2 aliphatic carbocycles. The first-order valence-electron chi connectivity index (χ1n) is 10.6. The van der Waals surface area contributed by atoms with Gasteiger partial charge < -0.3 is 16.4 Å². The van der Waals surface area contributed by atoms with Gasteiger partial charge in [0.2, 0.25) is 0 Å². The molecule has 4 N–H and O–H groups in total. The molecule has 2 heterocycles. The van der Waals surface area contributed by atoms with Crippen LogP contribution in [0.4, 0.5) is 11.5 Å². The molecular formula is C22H27ClN6O. The van der Waals surface area contributed by atoms with E-state index in [9.17, 15) is 4.79 Å². The summed E-state index contributed by atoms with van der Waals surface area (Å²) in [5.41, 5.74) is 8.46. The van der Waals surface area contributed by atoms with E-state index in [1.54, 1.807) is 18.3 Å². The fourth-order valence-corrected chi connectivity index (χ4v) is 4.70. The second-order valence-electron chi connectivity index (χ2n) is 9.06. The van der Waals surface area contributed by atoms with Crippen molar-refractivity contribution in [2.75, 3.05) is 11.9 Å². The number of nitrogens with one attached hydrogen (secondary N) is 2. The van der Waals surface area contributed by atoms with Gasteiger partial charge in [-0.25, -0.2) is 0 Å². The van der Waals surface area contributed by atoms with E-state index in [0.29, 0.717) is 33.9 Å². The van der Waals surface area contributed by atoms with E-state index in [4.69, 9.17) is 22.4 Å². The smallest absolute Gasteiger partial charge is 0.254 e. The molecule has 2 fully saturated rings. The summed E-state index contributed by atoms with van der Waals surface area (Å²) in [6.45, 7) is 3.16. The third kappa shape index (κ3) is 4.09. The number of aliphatic imine (C=N–C) groups is 1. The Bertz CT molecular complexity index is 994. The molecule has 7 nitrogen and oxygen atoms in total. The number of carbonyl (C=O) groups excluding carboxylic acids is 1. The molecule has 0 spiro atoms. The number of primary amides is 1. The number of hydrogen-bond donors (Lipinski definition) is 3. The summed E-state index contributed by atoms with van der Waals surface area (Å²) in [7, 11) is 0.